The van der Waals surface area contributed by atoms with Crippen molar-refractivity contribution >= 4 is 33.2 Å². The summed E-state index contributed by atoms with van der Waals surface area (Å²) in [5.74, 6) is -0.444. The van der Waals surface area contributed by atoms with E-state index in [1.54, 1.807) is 0 Å². The molecular weight excluding hydrogens is 390 g/mol. The highest BCUT2D eigenvalue weighted by Crippen LogP contribution is 2.26. The maximum Gasteiger partial charge on any atom is 0.573 e. The van der Waals surface area contributed by atoms with Gasteiger partial charge in [-0.3, -0.25) is 0 Å². The molecule has 0 atom stereocenters. The number of ether oxygens (including phenoxy) is 1. The molecule has 10 heteroatoms. The molecule has 130 valence electrons. The van der Waals surface area contributed by atoms with Crippen molar-refractivity contribution in [2.45, 2.75) is 17.8 Å². The molecule has 0 aromatic heterocycles. The van der Waals surface area contributed by atoms with Crippen LogP contribution in [0.15, 0.2) is 47.4 Å². The second kappa shape index (κ2) is 7.18. The van der Waals surface area contributed by atoms with Crippen molar-refractivity contribution in [2.75, 3.05) is 0 Å². The summed E-state index contributed by atoms with van der Waals surface area (Å²) in [7, 11) is -3.99. The summed E-state index contributed by atoms with van der Waals surface area (Å²) in [5.41, 5.74) is 0.276. The lowest BCUT2D eigenvalue weighted by atomic mass is 10.2. The topological polar surface area (TPSA) is 55.4 Å². The molecule has 0 unspecified atom stereocenters. The predicted molar refractivity (Wildman–Crippen MR) is 83.6 cm³/mol. The Labute approximate surface area is 146 Å². The van der Waals surface area contributed by atoms with E-state index in [1.807, 2.05) is 0 Å². The first-order valence-corrected chi connectivity index (χ1v) is 8.60. The summed E-state index contributed by atoms with van der Waals surface area (Å²) < 4.78 is 67.0. The largest absolute Gasteiger partial charge is 0.573 e. The number of hydrogen-bond donors (Lipinski definition) is 1. The molecule has 0 amide bonds. The minimum atomic E-state index is -4.83. The van der Waals surface area contributed by atoms with E-state index in [9.17, 15) is 21.6 Å². The minimum Gasteiger partial charge on any atom is -0.406 e. The Morgan fingerprint density at radius 2 is 1.79 bits per heavy atom. The van der Waals surface area contributed by atoms with E-state index in [0.29, 0.717) is 0 Å². The van der Waals surface area contributed by atoms with Crippen molar-refractivity contribution in [3.8, 4) is 5.75 Å². The minimum absolute atomic E-state index is 0.0268. The van der Waals surface area contributed by atoms with Gasteiger partial charge in [0, 0.05) is 11.6 Å². The molecule has 0 aliphatic carbocycles. The number of rotatable bonds is 5. The number of halogens is 5. The maximum absolute atomic E-state index is 12.2. The van der Waals surface area contributed by atoms with Crippen LogP contribution in [-0.4, -0.2) is 14.8 Å². The Bertz CT molecular complexity index is 841. The van der Waals surface area contributed by atoms with Crippen LogP contribution in [0.1, 0.15) is 5.56 Å². The van der Waals surface area contributed by atoms with Gasteiger partial charge in [0.25, 0.3) is 0 Å². The van der Waals surface area contributed by atoms with Crippen LogP contribution in [0.25, 0.3) is 0 Å². The van der Waals surface area contributed by atoms with Crippen LogP contribution in [-0.2, 0) is 16.6 Å². The average Bonchev–Trinajstić information content (AvgIpc) is 2.46. The van der Waals surface area contributed by atoms with Gasteiger partial charge in [-0.15, -0.1) is 13.2 Å². The van der Waals surface area contributed by atoms with Crippen LogP contribution < -0.4 is 9.46 Å². The number of sulfonamides is 1. The fourth-order valence-electron chi connectivity index (χ4n) is 1.79. The quantitative estimate of drug-likeness (QED) is 0.811. The van der Waals surface area contributed by atoms with Crippen molar-refractivity contribution in [2.24, 2.45) is 0 Å². The van der Waals surface area contributed by atoms with Crippen LogP contribution in [0.4, 0.5) is 13.2 Å². The van der Waals surface area contributed by atoms with E-state index < -0.39 is 22.1 Å². The van der Waals surface area contributed by atoms with Gasteiger partial charge in [-0.1, -0.05) is 35.3 Å². The van der Waals surface area contributed by atoms with Crippen LogP contribution in [0.3, 0.4) is 0 Å². The molecule has 0 bridgehead atoms. The third-order valence-corrected chi connectivity index (χ3v) is 4.90. The molecule has 0 aliphatic heterocycles. The van der Waals surface area contributed by atoms with Gasteiger partial charge in [0.2, 0.25) is 10.0 Å². The second-order valence-corrected chi connectivity index (χ2v) is 7.17. The Hall–Kier alpha value is -1.48. The Morgan fingerprint density at radius 1 is 1.08 bits per heavy atom. The van der Waals surface area contributed by atoms with E-state index in [0.717, 1.165) is 12.1 Å². The smallest absolute Gasteiger partial charge is 0.406 e. The van der Waals surface area contributed by atoms with E-state index in [1.165, 1.54) is 30.3 Å². The van der Waals surface area contributed by atoms with E-state index in [2.05, 4.69) is 9.46 Å². The zero-order valence-electron chi connectivity index (χ0n) is 11.8. The Kier molecular flexibility index (Phi) is 5.64. The zero-order valence-corrected chi connectivity index (χ0v) is 14.1. The summed E-state index contributed by atoms with van der Waals surface area (Å²) in [6, 6.07) is 8.89. The summed E-state index contributed by atoms with van der Waals surface area (Å²) in [6.07, 6.45) is -4.83. The van der Waals surface area contributed by atoms with Crippen molar-refractivity contribution < 1.29 is 26.3 Å². The van der Waals surface area contributed by atoms with Crippen LogP contribution in [0.5, 0.6) is 5.75 Å². The first-order valence-electron chi connectivity index (χ1n) is 6.36. The highest BCUT2D eigenvalue weighted by atomic mass is 35.5. The molecule has 0 heterocycles. The second-order valence-electron chi connectivity index (χ2n) is 4.59. The van der Waals surface area contributed by atoms with Gasteiger partial charge in [-0.2, -0.15) is 0 Å². The Morgan fingerprint density at radius 3 is 2.46 bits per heavy atom. The highest BCUT2D eigenvalue weighted by molar-refractivity contribution is 7.89. The van der Waals surface area contributed by atoms with Gasteiger partial charge < -0.3 is 4.74 Å². The fraction of sp³-hybridized carbons (Fsp3) is 0.143. The normalized spacial score (nSPS) is 12.2. The van der Waals surface area contributed by atoms with Crippen LogP contribution >= 0.6 is 23.2 Å². The number of nitrogens with one attached hydrogen (secondary N) is 1. The van der Waals surface area contributed by atoms with Gasteiger partial charge in [-0.05, 0) is 35.9 Å². The average molecular weight is 400 g/mol. The lowest BCUT2D eigenvalue weighted by molar-refractivity contribution is -0.274. The van der Waals surface area contributed by atoms with E-state index >= 15 is 0 Å². The zero-order chi connectivity index (χ0) is 18.0. The predicted octanol–water partition coefficient (Wildman–Crippen LogP) is 4.37. The number of alkyl halides is 3. The van der Waals surface area contributed by atoms with Crippen molar-refractivity contribution in [3.05, 3.63) is 58.1 Å². The summed E-state index contributed by atoms with van der Waals surface area (Å²) in [4.78, 5) is -0.223. The van der Waals surface area contributed by atoms with Crippen molar-refractivity contribution in [1.29, 1.82) is 0 Å². The molecule has 2 rings (SSSR count). The molecule has 0 saturated carbocycles. The maximum atomic E-state index is 12.2. The number of hydrogen-bond acceptors (Lipinski definition) is 3. The summed E-state index contributed by atoms with van der Waals surface area (Å²) in [5, 5.41) is 0.154. The SMILES string of the molecule is O=S(=O)(NCc1cccc(OC(F)(F)F)c1)c1cc(Cl)ccc1Cl. The monoisotopic (exact) mass is 399 g/mol. The highest BCUT2D eigenvalue weighted by Gasteiger charge is 2.31. The fourth-order valence-corrected chi connectivity index (χ4v) is 3.57. The van der Waals surface area contributed by atoms with Gasteiger partial charge in [-0.25, -0.2) is 13.1 Å². The lowest BCUT2D eigenvalue weighted by Crippen LogP contribution is -2.23. The molecule has 0 spiro atoms. The summed E-state index contributed by atoms with van der Waals surface area (Å²) >= 11 is 11.6. The van der Waals surface area contributed by atoms with Crippen LogP contribution in [0.2, 0.25) is 10.0 Å². The molecule has 2 aromatic rings. The van der Waals surface area contributed by atoms with Gasteiger partial charge in [0.05, 0.1) is 5.02 Å². The van der Waals surface area contributed by atoms with Crippen molar-refractivity contribution in [1.82, 2.24) is 4.72 Å². The Balaban J connectivity index is 2.15. The van der Waals surface area contributed by atoms with E-state index in [4.69, 9.17) is 23.2 Å². The van der Waals surface area contributed by atoms with Gasteiger partial charge in [0.1, 0.15) is 10.6 Å². The molecule has 0 fully saturated rings. The van der Waals surface area contributed by atoms with Crippen LogP contribution in [0, 0.1) is 0 Å². The first-order chi connectivity index (χ1) is 11.1. The van der Waals surface area contributed by atoms with Crippen molar-refractivity contribution in [3.63, 3.8) is 0 Å². The first kappa shape index (κ1) is 18.9. The molecule has 2 aromatic carbocycles. The molecule has 4 nitrogen and oxygen atoms in total. The van der Waals surface area contributed by atoms with Gasteiger partial charge >= 0.3 is 6.36 Å². The third-order valence-electron chi connectivity index (χ3n) is 2.78. The van der Waals surface area contributed by atoms with E-state index in [-0.39, 0.29) is 27.0 Å². The molecule has 0 radical (unpaired) electrons. The summed E-state index contributed by atoms with van der Waals surface area (Å²) in [6.45, 7) is -0.250. The van der Waals surface area contributed by atoms with Gasteiger partial charge in [0.15, 0.2) is 0 Å². The standard InChI is InChI=1S/C14H10Cl2F3NO3S/c15-10-4-5-12(16)13(7-10)24(21,22)20-8-9-2-1-3-11(6-9)23-14(17,18)19/h1-7,20H,8H2. The molecule has 0 aliphatic rings. The molecule has 0 saturated heterocycles. The molecule has 1 N–H and O–H groups in total. The number of benzene rings is 2. The molecule has 24 heavy (non-hydrogen) atoms. The third kappa shape index (κ3) is 5.27. The lowest BCUT2D eigenvalue weighted by Gasteiger charge is -2.11. The molecular formula is C14H10Cl2F3NO3S.